The van der Waals surface area contributed by atoms with Gasteiger partial charge in [-0.1, -0.05) is 122 Å². The van der Waals surface area contributed by atoms with E-state index < -0.39 is 11.8 Å². The van der Waals surface area contributed by atoms with Crippen LogP contribution in [0.2, 0.25) is 10.0 Å². The van der Waals surface area contributed by atoms with Gasteiger partial charge in [0.25, 0.3) is 0 Å². The van der Waals surface area contributed by atoms with Gasteiger partial charge in [0.15, 0.2) is 0 Å². The molecule has 2 atom stereocenters. The van der Waals surface area contributed by atoms with Gasteiger partial charge in [-0.15, -0.1) is 0 Å². The number of carbonyl (C=O) groups is 3. The predicted molar refractivity (Wildman–Crippen MR) is 277 cm³/mol. The summed E-state index contributed by atoms with van der Waals surface area (Å²) in [6.07, 6.45) is 21.3. The molecule has 0 saturated carbocycles. The Kier molecular flexibility index (Phi) is 18.5. The summed E-state index contributed by atoms with van der Waals surface area (Å²) in [5.41, 5.74) is 5.30. The van der Waals surface area contributed by atoms with Crippen molar-refractivity contribution in [1.82, 2.24) is 15.5 Å². The molecule has 0 radical (unpaired) electrons. The van der Waals surface area contributed by atoms with Gasteiger partial charge in [-0.2, -0.15) is 0 Å². The van der Waals surface area contributed by atoms with E-state index in [0.29, 0.717) is 40.1 Å². The lowest BCUT2D eigenvalue weighted by Gasteiger charge is -2.44. The van der Waals surface area contributed by atoms with Crippen molar-refractivity contribution in [3.05, 3.63) is 177 Å². The average Bonchev–Trinajstić information content (AvgIpc) is 3.56. The second-order valence-electron chi connectivity index (χ2n) is 18.9. The summed E-state index contributed by atoms with van der Waals surface area (Å²) in [6, 6.07) is 26.8. The van der Waals surface area contributed by atoms with Crippen LogP contribution in [0.1, 0.15) is 119 Å². The summed E-state index contributed by atoms with van der Waals surface area (Å²) in [4.78, 5) is 42.1. The van der Waals surface area contributed by atoms with E-state index in [4.69, 9.17) is 27.9 Å². The fourth-order valence-electron chi connectivity index (χ4n) is 10.5. The Bertz CT molecular complexity index is 2460. The fourth-order valence-corrected chi connectivity index (χ4v) is 10.9. The Morgan fingerprint density at radius 3 is 2.26 bits per heavy atom. The van der Waals surface area contributed by atoms with Gasteiger partial charge >= 0.3 is 0 Å². The van der Waals surface area contributed by atoms with Gasteiger partial charge in [0.2, 0.25) is 17.7 Å². The van der Waals surface area contributed by atoms with Gasteiger partial charge in [0.1, 0.15) is 23.9 Å². The number of rotatable bonds is 13. The number of halogens is 3. The lowest BCUT2D eigenvalue weighted by molar-refractivity contribution is -0.927. The molecule has 0 aromatic heterocycles. The van der Waals surface area contributed by atoms with E-state index in [0.717, 1.165) is 65.6 Å². The zero-order chi connectivity index (χ0) is 48.8. The van der Waals surface area contributed by atoms with Crippen LogP contribution in [0.5, 0.6) is 11.5 Å². The number of likely N-dealkylation sites (tertiary alicyclic amines) is 1. The van der Waals surface area contributed by atoms with Crippen LogP contribution in [0.4, 0.5) is 4.39 Å². The highest BCUT2D eigenvalue weighted by atomic mass is 35.5. The first kappa shape index (κ1) is 51.4. The molecule has 2 N–H and O–H groups in total. The van der Waals surface area contributed by atoms with Crippen molar-refractivity contribution in [2.75, 3.05) is 32.7 Å². The Labute approximate surface area is 418 Å². The lowest BCUT2D eigenvalue weighted by Crippen LogP contribution is -2.57. The normalized spacial score (nSPS) is 22.0. The number of allylic oxidation sites excluding steroid dienone is 5. The van der Waals surface area contributed by atoms with Crippen molar-refractivity contribution in [2.45, 2.75) is 115 Å². The number of likely N-dealkylation sites (N-methyl/N-ethyl adjacent to an activating group) is 1. The maximum Gasteiger partial charge on any atom is 0.235 e. The monoisotopic (exact) mass is 973 g/mol. The molecule has 8 nitrogen and oxygen atoms in total. The van der Waals surface area contributed by atoms with Gasteiger partial charge in [-0.3, -0.25) is 14.4 Å². The zero-order valence-electron chi connectivity index (χ0n) is 40.2. The summed E-state index contributed by atoms with van der Waals surface area (Å²) in [7, 11) is 0. The first-order chi connectivity index (χ1) is 33.5. The van der Waals surface area contributed by atoms with Gasteiger partial charge in [0, 0.05) is 71.2 Å². The zero-order valence-corrected chi connectivity index (χ0v) is 41.8. The van der Waals surface area contributed by atoms with Crippen LogP contribution in [0.25, 0.3) is 0 Å². The number of piperidine rings is 1. The second kappa shape index (κ2) is 24.9. The number of ether oxygens (including phenoxy) is 1. The van der Waals surface area contributed by atoms with Crippen LogP contribution >= 0.6 is 23.2 Å². The largest absolute Gasteiger partial charge is 0.457 e. The highest BCUT2D eigenvalue weighted by molar-refractivity contribution is 6.31. The molecular formula is C58H68Cl2FN4O4+. The van der Waals surface area contributed by atoms with Crippen molar-refractivity contribution < 1.29 is 28.0 Å². The van der Waals surface area contributed by atoms with Gasteiger partial charge < -0.3 is 24.8 Å². The molecule has 3 heterocycles. The van der Waals surface area contributed by atoms with Crippen molar-refractivity contribution >= 4 is 40.9 Å². The maximum atomic E-state index is 14.6. The molecule has 3 aliphatic heterocycles. The molecule has 4 aromatic rings. The molecular weight excluding hydrogens is 907 g/mol. The summed E-state index contributed by atoms with van der Waals surface area (Å²) in [5.74, 6) is -0.355. The topological polar surface area (TPSA) is 87.7 Å². The third-order valence-electron chi connectivity index (χ3n) is 14.3. The maximum absolute atomic E-state index is 14.6. The highest BCUT2D eigenvalue weighted by Gasteiger charge is 2.38. The molecule has 8 rings (SSSR count). The van der Waals surface area contributed by atoms with E-state index in [1.165, 1.54) is 51.1 Å². The quantitative estimate of drug-likeness (QED) is 0.0794. The Morgan fingerprint density at radius 2 is 1.59 bits per heavy atom. The van der Waals surface area contributed by atoms with Gasteiger partial charge in [0.05, 0.1) is 31.5 Å². The second-order valence-corrected chi connectivity index (χ2v) is 19.8. The SMILES string of the molecule is C=C/C=C(\C=C/C)C(C(=O)N(Cc1ccccc1F)C1CCCNC(=O)C1)c1ccccc1.CC[N+]1(C/C2=C/CCCCCC2)CCC(NC(=O)C2c3cc(Cl)ccc3Oc3ccc(Cl)cc32)CC1. The molecule has 11 heteroatoms. The molecule has 0 spiro atoms. The number of nitrogens with one attached hydrogen (secondary N) is 2. The smallest absolute Gasteiger partial charge is 0.235 e. The number of carbonyl (C=O) groups excluding carboxylic acids is 3. The number of nitrogens with zero attached hydrogens (tertiary/aromatic N) is 2. The van der Waals surface area contributed by atoms with E-state index >= 15 is 0 Å². The van der Waals surface area contributed by atoms with Crippen LogP contribution in [-0.2, 0) is 20.9 Å². The fraction of sp³-hybridized carbons (Fsp3) is 0.397. The molecule has 69 heavy (non-hydrogen) atoms. The molecule has 3 amide bonds. The van der Waals surface area contributed by atoms with E-state index in [1.54, 1.807) is 46.9 Å². The standard InChI is InChI=1S/C30H36Cl2N2O2.C28H31FN2O2/c1-2-34(20-21-8-6-4-3-5-7-9-21)16-14-24(15-17-34)33-30(35)29-25-18-22(31)10-12-27(25)36-28-13-11-23(32)19-26(28)29;1-3-11-21(12-4-2)27(22-13-6-5-7-14-22)28(33)31(20-23-15-8-9-17-25(23)29)24-16-10-18-30-26(32)19-24/h8,10-13,18-19,24,29H,2-7,9,14-17,20H2,1H3;3-9,11-15,17,24,27H,1,10,16,18-20H2,2H3,(H,30,32)/p+1/b21-8+;12-4-,21-11+. The van der Waals surface area contributed by atoms with Gasteiger partial charge in [-0.05, 0) is 112 Å². The molecule has 4 aliphatic rings. The summed E-state index contributed by atoms with van der Waals surface area (Å²) < 4.78 is 21.8. The summed E-state index contributed by atoms with van der Waals surface area (Å²) in [6.45, 7) is 13.3. The minimum absolute atomic E-state index is 0.00504. The molecule has 2 unspecified atom stereocenters. The molecule has 2 saturated heterocycles. The van der Waals surface area contributed by atoms with Crippen LogP contribution in [0.3, 0.4) is 0 Å². The number of hydrogen-bond acceptors (Lipinski definition) is 4. The van der Waals surface area contributed by atoms with Crippen LogP contribution in [-0.4, -0.2) is 71.9 Å². The number of quaternary nitrogens is 1. The number of amides is 3. The van der Waals surface area contributed by atoms with E-state index in [-0.39, 0.29) is 48.6 Å². The average molecular weight is 975 g/mol. The Morgan fingerprint density at radius 1 is 0.913 bits per heavy atom. The van der Waals surface area contributed by atoms with Crippen molar-refractivity contribution in [3.8, 4) is 11.5 Å². The summed E-state index contributed by atoms with van der Waals surface area (Å²) in [5, 5.41) is 7.45. The Balaban J connectivity index is 0.000000205. The third kappa shape index (κ3) is 13.4. The molecule has 0 bridgehead atoms. The molecule has 2 fully saturated rings. The minimum Gasteiger partial charge on any atom is -0.457 e. The first-order valence-electron chi connectivity index (χ1n) is 24.9. The van der Waals surface area contributed by atoms with Crippen molar-refractivity contribution in [3.63, 3.8) is 0 Å². The first-order valence-corrected chi connectivity index (χ1v) is 25.7. The number of fused-ring (bicyclic) bond motifs is 2. The predicted octanol–water partition coefficient (Wildman–Crippen LogP) is 12.9. The molecule has 1 aliphatic carbocycles. The van der Waals surface area contributed by atoms with Crippen LogP contribution in [0.15, 0.2) is 139 Å². The lowest BCUT2D eigenvalue weighted by atomic mass is 9.86. The van der Waals surface area contributed by atoms with E-state index in [2.05, 4.69) is 30.2 Å². The van der Waals surface area contributed by atoms with E-state index in [1.807, 2.05) is 79.7 Å². The third-order valence-corrected chi connectivity index (χ3v) is 14.7. The Hall–Kier alpha value is -5.48. The molecule has 364 valence electrons. The molecule has 4 aromatic carbocycles. The van der Waals surface area contributed by atoms with Crippen molar-refractivity contribution in [2.24, 2.45) is 0 Å². The van der Waals surface area contributed by atoms with Gasteiger partial charge in [-0.25, -0.2) is 4.39 Å². The highest BCUT2D eigenvalue weighted by Crippen LogP contribution is 2.46. The van der Waals surface area contributed by atoms with Crippen molar-refractivity contribution in [1.29, 1.82) is 0 Å². The number of hydrogen-bond donors (Lipinski definition) is 2. The van der Waals surface area contributed by atoms with Crippen LogP contribution < -0.4 is 15.4 Å². The van der Waals surface area contributed by atoms with E-state index in [9.17, 15) is 18.8 Å². The number of benzene rings is 4. The minimum atomic E-state index is -0.599. The van der Waals surface area contributed by atoms with Crippen LogP contribution in [0, 0.1) is 5.82 Å². The summed E-state index contributed by atoms with van der Waals surface area (Å²) >= 11 is 12.6.